The number of piperazine rings is 1. The predicted molar refractivity (Wildman–Crippen MR) is 125 cm³/mol. The Morgan fingerprint density at radius 3 is 2.10 bits per heavy atom. The second kappa shape index (κ2) is 10.8. The maximum Gasteiger partial charge on any atom is 0.243 e. The normalized spacial score (nSPS) is 15.0. The second-order valence-corrected chi connectivity index (χ2v) is 8.71. The number of nitrogens with one attached hydrogen (secondary N) is 2. The first-order chi connectivity index (χ1) is 14.8. The molecule has 1 aliphatic rings. The molecule has 2 aromatic rings. The summed E-state index contributed by atoms with van der Waals surface area (Å²) in [6.45, 7) is 10.6. The molecule has 2 N–H and O–H groups in total. The molecule has 0 bridgehead atoms. The van der Waals surface area contributed by atoms with E-state index in [1.165, 1.54) is 5.56 Å². The Hall–Kier alpha value is -2.41. The van der Waals surface area contributed by atoms with Gasteiger partial charge in [-0.1, -0.05) is 41.4 Å². The van der Waals surface area contributed by atoms with Gasteiger partial charge in [0.25, 0.3) is 0 Å². The van der Waals surface area contributed by atoms with E-state index in [4.69, 9.17) is 11.6 Å². The van der Waals surface area contributed by atoms with Crippen molar-refractivity contribution in [1.29, 1.82) is 0 Å². The van der Waals surface area contributed by atoms with Gasteiger partial charge >= 0.3 is 0 Å². The fourth-order valence-corrected chi connectivity index (χ4v) is 4.08. The van der Waals surface area contributed by atoms with E-state index in [-0.39, 0.29) is 18.4 Å². The molecule has 1 heterocycles. The lowest BCUT2D eigenvalue weighted by Crippen LogP contribution is -2.49. The van der Waals surface area contributed by atoms with Crippen LogP contribution in [-0.4, -0.2) is 60.9 Å². The molecule has 6 nitrogen and oxygen atoms in total. The van der Waals surface area contributed by atoms with E-state index in [0.717, 1.165) is 60.1 Å². The molecule has 0 radical (unpaired) electrons. The minimum absolute atomic E-state index is 0.0257. The average Bonchev–Trinajstić information content (AvgIpc) is 2.72. The Labute approximate surface area is 189 Å². The van der Waals surface area contributed by atoms with E-state index in [0.29, 0.717) is 6.54 Å². The first-order valence-corrected chi connectivity index (χ1v) is 11.0. The average molecular weight is 443 g/mol. The van der Waals surface area contributed by atoms with Gasteiger partial charge in [0.05, 0.1) is 13.1 Å². The van der Waals surface area contributed by atoms with Crippen molar-refractivity contribution in [3.8, 4) is 0 Å². The number of rotatable bonds is 7. The van der Waals surface area contributed by atoms with E-state index in [9.17, 15) is 9.59 Å². The fourth-order valence-electron chi connectivity index (χ4n) is 3.95. The van der Waals surface area contributed by atoms with Gasteiger partial charge in [0.15, 0.2) is 0 Å². The van der Waals surface area contributed by atoms with Crippen molar-refractivity contribution in [2.75, 3.05) is 44.6 Å². The van der Waals surface area contributed by atoms with Crippen molar-refractivity contribution in [2.24, 2.45) is 0 Å². The molecule has 2 amide bonds. The van der Waals surface area contributed by atoms with Gasteiger partial charge < -0.3 is 10.6 Å². The van der Waals surface area contributed by atoms with Gasteiger partial charge in [-0.05, 0) is 49.6 Å². The first-order valence-electron chi connectivity index (χ1n) is 10.6. The number of carbonyl (C=O) groups is 2. The van der Waals surface area contributed by atoms with Crippen molar-refractivity contribution in [3.05, 3.63) is 63.7 Å². The van der Waals surface area contributed by atoms with Crippen LogP contribution in [0.25, 0.3) is 0 Å². The second-order valence-electron chi connectivity index (χ2n) is 8.28. The van der Waals surface area contributed by atoms with Crippen LogP contribution >= 0.6 is 11.6 Å². The smallest absolute Gasteiger partial charge is 0.243 e. The molecule has 166 valence electrons. The van der Waals surface area contributed by atoms with E-state index < -0.39 is 0 Å². The third-order valence-electron chi connectivity index (χ3n) is 5.54. The van der Waals surface area contributed by atoms with Gasteiger partial charge in [-0.15, -0.1) is 0 Å². The minimum atomic E-state index is -0.212. The Bertz CT molecular complexity index is 899. The molecule has 0 spiro atoms. The van der Waals surface area contributed by atoms with Crippen LogP contribution < -0.4 is 10.6 Å². The number of hydrogen-bond acceptors (Lipinski definition) is 4. The summed E-state index contributed by atoms with van der Waals surface area (Å²) in [4.78, 5) is 29.1. The van der Waals surface area contributed by atoms with Gasteiger partial charge in [-0.3, -0.25) is 19.4 Å². The van der Waals surface area contributed by atoms with Gasteiger partial charge in [0.2, 0.25) is 11.8 Å². The number of nitrogens with zero attached hydrogens (tertiary/aromatic N) is 2. The fraction of sp³-hybridized carbons (Fsp3) is 0.417. The molecule has 0 aliphatic carbocycles. The third kappa shape index (κ3) is 7.06. The van der Waals surface area contributed by atoms with Crippen molar-refractivity contribution < 1.29 is 9.59 Å². The summed E-state index contributed by atoms with van der Waals surface area (Å²) in [5.74, 6) is -0.338. The lowest BCUT2D eigenvalue weighted by atomic mass is 10.1. The summed E-state index contributed by atoms with van der Waals surface area (Å²) in [6, 6.07) is 12.0. The van der Waals surface area contributed by atoms with Gasteiger partial charge in [-0.25, -0.2) is 0 Å². The zero-order valence-corrected chi connectivity index (χ0v) is 19.3. The maximum atomic E-state index is 12.3. The van der Waals surface area contributed by atoms with Crippen LogP contribution in [0.5, 0.6) is 0 Å². The summed E-state index contributed by atoms with van der Waals surface area (Å²) >= 11 is 5.94. The first kappa shape index (κ1) is 23.3. The molecule has 0 saturated carbocycles. The van der Waals surface area contributed by atoms with Crippen LogP contribution in [0.2, 0.25) is 5.02 Å². The van der Waals surface area contributed by atoms with Crippen molar-refractivity contribution in [1.82, 2.24) is 15.1 Å². The molecule has 1 aliphatic heterocycles. The van der Waals surface area contributed by atoms with Crippen molar-refractivity contribution in [2.45, 2.75) is 27.3 Å². The monoisotopic (exact) mass is 442 g/mol. The Morgan fingerprint density at radius 1 is 0.903 bits per heavy atom. The summed E-state index contributed by atoms with van der Waals surface area (Å²) in [6.07, 6.45) is 0. The van der Waals surface area contributed by atoms with E-state index in [1.807, 2.05) is 57.2 Å². The van der Waals surface area contributed by atoms with Crippen LogP contribution in [0.1, 0.15) is 22.3 Å². The van der Waals surface area contributed by atoms with Crippen LogP contribution in [0.3, 0.4) is 0 Å². The van der Waals surface area contributed by atoms with Crippen LogP contribution in [0.4, 0.5) is 5.69 Å². The zero-order valence-electron chi connectivity index (χ0n) is 18.5. The van der Waals surface area contributed by atoms with E-state index >= 15 is 0 Å². The highest BCUT2D eigenvalue weighted by molar-refractivity contribution is 6.30. The number of amides is 2. The van der Waals surface area contributed by atoms with Crippen LogP contribution in [-0.2, 0) is 16.1 Å². The zero-order chi connectivity index (χ0) is 22.4. The number of carbonyl (C=O) groups excluding carboxylic acids is 2. The number of aryl methyl sites for hydroxylation is 3. The molecular formula is C24H31ClN4O2. The SMILES string of the molecule is Cc1cc(C)c(NC(=O)CNC(=O)CN2CCN(Cc3ccc(Cl)cc3)CC2)c(C)c1. The molecule has 2 aromatic carbocycles. The summed E-state index contributed by atoms with van der Waals surface area (Å²) in [5, 5.41) is 6.40. The summed E-state index contributed by atoms with van der Waals surface area (Å²) < 4.78 is 0. The largest absolute Gasteiger partial charge is 0.346 e. The van der Waals surface area contributed by atoms with Gasteiger partial charge in [0.1, 0.15) is 0 Å². The Morgan fingerprint density at radius 2 is 1.48 bits per heavy atom. The van der Waals surface area contributed by atoms with Crippen molar-refractivity contribution in [3.63, 3.8) is 0 Å². The topological polar surface area (TPSA) is 64.7 Å². The Balaban J connectivity index is 1.37. The highest BCUT2D eigenvalue weighted by Crippen LogP contribution is 2.21. The number of halogens is 1. The molecule has 3 rings (SSSR count). The number of anilines is 1. The van der Waals surface area contributed by atoms with Gasteiger partial charge in [0, 0.05) is 43.4 Å². The molecule has 0 atom stereocenters. The van der Waals surface area contributed by atoms with Crippen LogP contribution in [0, 0.1) is 20.8 Å². The standard InChI is InChI=1S/C24H31ClN4O2/c1-17-12-18(2)24(19(3)13-17)27-22(30)14-26-23(31)16-29-10-8-28(9-11-29)15-20-4-6-21(25)7-5-20/h4-7,12-13H,8-11,14-16H2,1-3H3,(H,26,31)(H,27,30). The molecule has 0 unspecified atom stereocenters. The van der Waals surface area contributed by atoms with Crippen LogP contribution in [0.15, 0.2) is 36.4 Å². The molecule has 1 saturated heterocycles. The molecule has 0 aromatic heterocycles. The van der Waals surface area contributed by atoms with Crippen molar-refractivity contribution >= 4 is 29.1 Å². The third-order valence-corrected chi connectivity index (χ3v) is 5.79. The molecular weight excluding hydrogens is 412 g/mol. The molecule has 31 heavy (non-hydrogen) atoms. The number of hydrogen-bond donors (Lipinski definition) is 2. The maximum absolute atomic E-state index is 12.3. The minimum Gasteiger partial charge on any atom is -0.346 e. The Kier molecular flexibility index (Phi) is 8.07. The molecule has 1 fully saturated rings. The quantitative estimate of drug-likeness (QED) is 0.691. The molecule has 7 heteroatoms. The summed E-state index contributed by atoms with van der Waals surface area (Å²) in [7, 11) is 0. The lowest BCUT2D eigenvalue weighted by Gasteiger charge is -2.34. The highest BCUT2D eigenvalue weighted by Gasteiger charge is 2.19. The highest BCUT2D eigenvalue weighted by atomic mass is 35.5. The van der Waals surface area contributed by atoms with E-state index in [2.05, 4.69) is 20.4 Å². The lowest BCUT2D eigenvalue weighted by molar-refractivity contribution is -0.125. The predicted octanol–water partition coefficient (Wildman–Crippen LogP) is 3.14. The van der Waals surface area contributed by atoms with E-state index in [1.54, 1.807) is 0 Å². The van der Waals surface area contributed by atoms with Gasteiger partial charge in [-0.2, -0.15) is 0 Å². The number of benzene rings is 2. The summed E-state index contributed by atoms with van der Waals surface area (Å²) in [5.41, 5.74) is 5.26.